The largest absolute Gasteiger partial charge is 0.0648 e. The lowest BCUT2D eigenvalue weighted by atomic mass is 9.90. The van der Waals surface area contributed by atoms with Gasteiger partial charge in [0.15, 0.2) is 0 Å². The van der Waals surface area contributed by atoms with Crippen molar-refractivity contribution >= 4 is 0 Å². The predicted molar refractivity (Wildman–Crippen MR) is 54.6 cm³/mol. The molecule has 1 atom stereocenters. The molecule has 0 heterocycles. The summed E-state index contributed by atoms with van der Waals surface area (Å²) in [6.45, 7) is 8.95. The first-order chi connectivity index (χ1) is 5.66. The van der Waals surface area contributed by atoms with Crippen LogP contribution in [0.2, 0.25) is 0 Å². The lowest BCUT2D eigenvalue weighted by Gasteiger charge is -2.15. The van der Waals surface area contributed by atoms with Crippen molar-refractivity contribution in [3.05, 3.63) is 34.9 Å². The van der Waals surface area contributed by atoms with Gasteiger partial charge in [-0.2, -0.15) is 0 Å². The average molecular weight is 162 g/mol. The van der Waals surface area contributed by atoms with Crippen molar-refractivity contribution in [2.75, 3.05) is 0 Å². The van der Waals surface area contributed by atoms with Crippen LogP contribution < -0.4 is 0 Å². The van der Waals surface area contributed by atoms with Crippen molar-refractivity contribution in [1.82, 2.24) is 0 Å². The van der Waals surface area contributed by atoms with Crippen LogP contribution in [0.4, 0.5) is 0 Å². The van der Waals surface area contributed by atoms with Crippen molar-refractivity contribution in [3.63, 3.8) is 0 Å². The summed E-state index contributed by atoms with van der Waals surface area (Å²) in [7, 11) is 0. The zero-order valence-corrected chi connectivity index (χ0v) is 8.52. The van der Waals surface area contributed by atoms with E-state index in [4.69, 9.17) is 0 Å². The van der Waals surface area contributed by atoms with E-state index in [1.807, 2.05) is 0 Å². The summed E-state index contributed by atoms with van der Waals surface area (Å²) < 4.78 is 0. The molecule has 12 heavy (non-hydrogen) atoms. The highest BCUT2D eigenvalue weighted by Gasteiger charge is 2.07. The normalized spacial score (nSPS) is 13.0. The van der Waals surface area contributed by atoms with Crippen LogP contribution >= 0.6 is 0 Å². The van der Waals surface area contributed by atoms with Crippen LogP contribution in [0.25, 0.3) is 0 Å². The number of benzene rings is 1. The van der Waals surface area contributed by atoms with Gasteiger partial charge < -0.3 is 0 Å². The molecule has 1 aromatic carbocycles. The first-order valence-electron chi connectivity index (χ1n) is 4.73. The highest BCUT2D eigenvalue weighted by molar-refractivity contribution is 5.35. The quantitative estimate of drug-likeness (QED) is 0.620. The Morgan fingerprint density at radius 3 is 2.08 bits per heavy atom. The maximum atomic E-state index is 2.30. The molecule has 1 rings (SSSR count). The van der Waals surface area contributed by atoms with Gasteiger partial charge in [-0.3, -0.25) is 0 Å². The summed E-state index contributed by atoms with van der Waals surface area (Å²) in [5, 5.41) is 0. The molecule has 0 N–H and O–H groups in total. The van der Waals surface area contributed by atoms with E-state index in [1.165, 1.54) is 17.5 Å². The van der Waals surface area contributed by atoms with Crippen LogP contribution in [-0.2, 0) is 0 Å². The molecule has 0 nitrogen and oxygen atoms in total. The summed E-state index contributed by atoms with van der Waals surface area (Å²) in [6.07, 6.45) is 1.23. The molecule has 0 aromatic heterocycles. The fourth-order valence-corrected chi connectivity index (χ4v) is 1.81. The first kappa shape index (κ1) is 9.31. The molecule has 0 heteroatoms. The Hall–Kier alpha value is -0.780. The summed E-state index contributed by atoms with van der Waals surface area (Å²) >= 11 is 0. The fourth-order valence-electron chi connectivity index (χ4n) is 1.81. The van der Waals surface area contributed by atoms with E-state index in [0.29, 0.717) is 5.92 Å². The Kier molecular flexibility index (Phi) is 2.91. The highest BCUT2D eigenvalue weighted by Crippen LogP contribution is 2.25. The zero-order chi connectivity index (χ0) is 9.14. The van der Waals surface area contributed by atoms with Crippen LogP contribution in [-0.4, -0.2) is 0 Å². The maximum absolute atomic E-state index is 2.30. The van der Waals surface area contributed by atoms with E-state index in [1.54, 1.807) is 5.56 Å². The minimum Gasteiger partial charge on any atom is -0.0648 e. The van der Waals surface area contributed by atoms with Gasteiger partial charge in [-0.1, -0.05) is 32.0 Å². The van der Waals surface area contributed by atoms with E-state index < -0.39 is 0 Å². The molecule has 0 fully saturated rings. The third-order valence-electron chi connectivity index (χ3n) is 2.65. The van der Waals surface area contributed by atoms with Gasteiger partial charge in [0.2, 0.25) is 0 Å². The molecular formula is C12H18. The molecule has 0 amide bonds. The Labute approximate surface area is 75.6 Å². The van der Waals surface area contributed by atoms with Crippen molar-refractivity contribution in [1.29, 1.82) is 0 Å². The Balaban J connectivity index is 3.12. The van der Waals surface area contributed by atoms with Crippen LogP contribution in [0.1, 0.15) is 42.9 Å². The van der Waals surface area contributed by atoms with Gasteiger partial charge >= 0.3 is 0 Å². The standard InChI is InChI=1S/C12H18/c1-5-9(2)12-10(3)7-6-8-11(12)4/h6-9H,5H2,1-4H3. The number of aryl methyl sites for hydroxylation is 2. The smallest absolute Gasteiger partial charge is 0.0188 e. The van der Waals surface area contributed by atoms with Crippen LogP contribution in [0.15, 0.2) is 18.2 Å². The van der Waals surface area contributed by atoms with E-state index in [0.717, 1.165) is 0 Å². The molecule has 0 saturated heterocycles. The molecule has 0 spiro atoms. The van der Waals surface area contributed by atoms with Gasteiger partial charge in [0, 0.05) is 0 Å². The molecule has 1 aromatic rings. The van der Waals surface area contributed by atoms with Crippen molar-refractivity contribution in [3.8, 4) is 0 Å². The van der Waals surface area contributed by atoms with E-state index in [9.17, 15) is 0 Å². The summed E-state index contributed by atoms with van der Waals surface area (Å²) in [5.41, 5.74) is 4.41. The van der Waals surface area contributed by atoms with Crippen LogP contribution in [0, 0.1) is 13.8 Å². The van der Waals surface area contributed by atoms with Gasteiger partial charge in [0.25, 0.3) is 0 Å². The van der Waals surface area contributed by atoms with Gasteiger partial charge in [-0.05, 0) is 42.9 Å². The SMILES string of the molecule is CCC(C)c1c(C)cccc1C. The number of rotatable bonds is 2. The van der Waals surface area contributed by atoms with Crippen LogP contribution in [0.5, 0.6) is 0 Å². The second-order valence-corrected chi connectivity index (χ2v) is 3.61. The Morgan fingerprint density at radius 2 is 1.67 bits per heavy atom. The topological polar surface area (TPSA) is 0 Å². The zero-order valence-electron chi connectivity index (χ0n) is 8.52. The highest BCUT2D eigenvalue weighted by atomic mass is 14.1. The lowest BCUT2D eigenvalue weighted by Crippen LogP contribution is -1.97. The van der Waals surface area contributed by atoms with Gasteiger partial charge in [-0.25, -0.2) is 0 Å². The molecule has 0 bridgehead atoms. The number of hydrogen-bond acceptors (Lipinski definition) is 0. The van der Waals surface area contributed by atoms with Crippen molar-refractivity contribution < 1.29 is 0 Å². The second kappa shape index (κ2) is 3.75. The third-order valence-corrected chi connectivity index (χ3v) is 2.65. The monoisotopic (exact) mass is 162 g/mol. The minimum absolute atomic E-state index is 0.700. The molecule has 0 aliphatic carbocycles. The maximum Gasteiger partial charge on any atom is -0.0188 e. The van der Waals surface area contributed by atoms with Gasteiger partial charge in [-0.15, -0.1) is 0 Å². The van der Waals surface area contributed by atoms with Gasteiger partial charge in [0.1, 0.15) is 0 Å². The van der Waals surface area contributed by atoms with E-state index in [-0.39, 0.29) is 0 Å². The van der Waals surface area contributed by atoms with Gasteiger partial charge in [0.05, 0.1) is 0 Å². The molecule has 0 aliphatic rings. The fraction of sp³-hybridized carbons (Fsp3) is 0.500. The molecule has 0 radical (unpaired) electrons. The van der Waals surface area contributed by atoms with Crippen LogP contribution in [0.3, 0.4) is 0 Å². The predicted octanol–water partition coefficient (Wildman–Crippen LogP) is 3.82. The molecule has 1 unspecified atom stereocenters. The first-order valence-corrected chi connectivity index (χ1v) is 4.73. The number of hydrogen-bond donors (Lipinski definition) is 0. The summed E-state index contributed by atoms with van der Waals surface area (Å²) in [6, 6.07) is 6.54. The lowest BCUT2D eigenvalue weighted by molar-refractivity contribution is 0.723. The molecular weight excluding hydrogens is 144 g/mol. The van der Waals surface area contributed by atoms with E-state index in [2.05, 4.69) is 45.9 Å². The van der Waals surface area contributed by atoms with Crippen molar-refractivity contribution in [2.45, 2.75) is 40.0 Å². The third kappa shape index (κ3) is 1.69. The summed E-state index contributed by atoms with van der Waals surface area (Å²) in [5.74, 6) is 0.700. The Bertz CT molecular complexity index is 240. The second-order valence-electron chi connectivity index (χ2n) is 3.61. The Morgan fingerprint density at radius 1 is 1.17 bits per heavy atom. The molecule has 0 saturated carbocycles. The summed E-state index contributed by atoms with van der Waals surface area (Å²) in [4.78, 5) is 0. The minimum atomic E-state index is 0.700. The van der Waals surface area contributed by atoms with Crippen molar-refractivity contribution in [2.24, 2.45) is 0 Å². The molecule has 0 aliphatic heterocycles. The molecule has 66 valence electrons. The average Bonchev–Trinajstić information content (AvgIpc) is 2.03. The van der Waals surface area contributed by atoms with E-state index >= 15 is 0 Å².